The highest BCUT2D eigenvalue weighted by Crippen LogP contribution is 2.37. The predicted octanol–water partition coefficient (Wildman–Crippen LogP) is 13.2. The van der Waals surface area contributed by atoms with Gasteiger partial charge in [-0.05, 0) is 74.6 Å². The average Bonchev–Trinajstić information content (AvgIpc) is 3.30. The van der Waals surface area contributed by atoms with E-state index in [4.69, 9.17) is 15.0 Å². The number of fused-ring (bicyclic) bond motifs is 3. The van der Waals surface area contributed by atoms with Crippen LogP contribution in [-0.4, -0.2) is 23.4 Å². The van der Waals surface area contributed by atoms with E-state index in [1.54, 1.807) is 0 Å². The molecular weight excluding hydrogens is 693 g/mol. The molecule has 270 valence electrons. The summed E-state index contributed by atoms with van der Waals surface area (Å²) in [5.41, 5.74) is 12.5. The van der Waals surface area contributed by atoms with E-state index in [0.29, 0.717) is 18.2 Å². The molecule has 9 aromatic rings. The number of nitrogens with zero attached hydrogens (tertiary/aromatic N) is 4. The van der Waals surface area contributed by atoms with Gasteiger partial charge >= 0.3 is 0 Å². The Bertz CT molecular complexity index is 2900. The van der Waals surface area contributed by atoms with Crippen LogP contribution in [-0.2, 0) is 6.54 Å². The van der Waals surface area contributed by atoms with Crippen molar-refractivity contribution in [3.63, 3.8) is 0 Å². The standard InChI is InChI=1S/C53H38N4/c1-54-52(44-30-28-41(29-31-44)39-16-7-3-8-17-39)57-53(55-36-37-24-26-40(27-25-37)38-14-5-2-6-15-38)46-22-13-21-45(34-46)50-35-48(42-18-9-4-10-19-42)51-47-23-12-11-20-43(47)32-33-49(51)56-50/h2-35H,1,36H2. The van der Waals surface area contributed by atoms with Gasteiger partial charge in [-0.3, -0.25) is 4.99 Å². The summed E-state index contributed by atoms with van der Waals surface area (Å²) in [5, 5.41) is 3.52. The Morgan fingerprint density at radius 2 is 1.04 bits per heavy atom. The number of aliphatic imine (C=N–C) groups is 3. The first-order chi connectivity index (χ1) is 28.2. The number of aromatic nitrogens is 1. The van der Waals surface area contributed by atoms with Crippen LogP contribution in [0.3, 0.4) is 0 Å². The van der Waals surface area contributed by atoms with E-state index < -0.39 is 0 Å². The van der Waals surface area contributed by atoms with E-state index in [1.165, 1.54) is 16.3 Å². The largest absolute Gasteiger partial charge is 0.261 e. The fraction of sp³-hybridized carbons (Fsp3) is 0.0189. The third kappa shape index (κ3) is 7.57. The molecule has 0 bridgehead atoms. The maximum Gasteiger partial charge on any atom is 0.161 e. The topological polar surface area (TPSA) is 50.0 Å². The van der Waals surface area contributed by atoms with E-state index in [9.17, 15) is 0 Å². The lowest BCUT2D eigenvalue weighted by atomic mass is 9.94. The predicted molar refractivity (Wildman–Crippen MR) is 240 cm³/mol. The van der Waals surface area contributed by atoms with Gasteiger partial charge in [0, 0.05) is 22.1 Å². The van der Waals surface area contributed by atoms with Crippen molar-refractivity contribution in [2.45, 2.75) is 6.54 Å². The van der Waals surface area contributed by atoms with Gasteiger partial charge in [0.05, 0.1) is 17.8 Å². The van der Waals surface area contributed by atoms with E-state index in [1.807, 2.05) is 36.4 Å². The van der Waals surface area contributed by atoms with Crippen molar-refractivity contribution in [1.29, 1.82) is 0 Å². The summed E-state index contributed by atoms with van der Waals surface area (Å²) in [6, 6.07) is 71.5. The van der Waals surface area contributed by atoms with Crippen molar-refractivity contribution in [2.75, 3.05) is 0 Å². The molecule has 0 amide bonds. The minimum absolute atomic E-state index is 0.439. The lowest BCUT2D eigenvalue weighted by Gasteiger charge is -2.14. The maximum atomic E-state index is 5.26. The molecule has 4 nitrogen and oxygen atoms in total. The molecule has 0 saturated heterocycles. The molecule has 0 aliphatic heterocycles. The van der Waals surface area contributed by atoms with Gasteiger partial charge in [0.2, 0.25) is 0 Å². The molecule has 1 aromatic heterocycles. The maximum absolute atomic E-state index is 5.26. The Labute approximate surface area is 333 Å². The highest BCUT2D eigenvalue weighted by atomic mass is 15.0. The average molecular weight is 731 g/mol. The molecule has 0 N–H and O–H groups in total. The molecule has 9 rings (SSSR count). The van der Waals surface area contributed by atoms with Crippen molar-refractivity contribution in [1.82, 2.24) is 4.98 Å². The molecule has 0 aliphatic rings. The smallest absolute Gasteiger partial charge is 0.161 e. The Morgan fingerprint density at radius 3 is 1.70 bits per heavy atom. The van der Waals surface area contributed by atoms with Crippen molar-refractivity contribution in [3.05, 3.63) is 223 Å². The molecule has 0 radical (unpaired) electrons. The Balaban J connectivity index is 1.13. The lowest BCUT2D eigenvalue weighted by Crippen LogP contribution is -2.06. The highest BCUT2D eigenvalue weighted by Gasteiger charge is 2.15. The van der Waals surface area contributed by atoms with Gasteiger partial charge in [0.1, 0.15) is 0 Å². The first-order valence-corrected chi connectivity index (χ1v) is 19.1. The van der Waals surface area contributed by atoms with Crippen LogP contribution in [0.5, 0.6) is 0 Å². The van der Waals surface area contributed by atoms with Crippen LogP contribution in [0, 0.1) is 0 Å². The summed E-state index contributed by atoms with van der Waals surface area (Å²) in [7, 11) is 0. The van der Waals surface area contributed by atoms with Gasteiger partial charge in [-0.1, -0.05) is 188 Å². The van der Waals surface area contributed by atoms with Crippen molar-refractivity contribution in [2.24, 2.45) is 15.0 Å². The van der Waals surface area contributed by atoms with Crippen LogP contribution in [0.25, 0.3) is 66.3 Å². The second-order valence-corrected chi connectivity index (χ2v) is 13.9. The third-order valence-electron chi connectivity index (χ3n) is 10.3. The number of rotatable bonds is 8. The van der Waals surface area contributed by atoms with E-state index in [2.05, 4.69) is 182 Å². The third-order valence-corrected chi connectivity index (χ3v) is 10.3. The summed E-state index contributed by atoms with van der Waals surface area (Å²) >= 11 is 0. The zero-order valence-corrected chi connectivity index (χ0v) is 31.3. The molecule has 4 heteroatoms. The summed E-state index contributed by atoms with van der Waals surface area (Å²) in [6.45, 7) is 4.37. The van der Waals surface area contributed by atoms with Gasteiger partial charge in [-0.15, -0.1) is 0 Å². The minimum atomic E-state index is 0.439. The van der Waals surface area contributed by atoms with Crippen molar-refractivity contribution >= 4 is 40.1 Å². The summed E-state index contributed by atoms with van der Waals surface area (Å²) in [4.78, 5) is 19.9. The van der Waals surface area contributed by atoms with Gasteiger partial charge in [-0.25, -0.2) is 15.0 Å². The second kappa shape index (κ2) is 16.0. The number of benzene rings is 8. The van der Waals surface area contributed by atoms with Crippen molar-refractivity contribution < 1.29 is 0 Å². The monoisotopic (exact) mass is 730 g/mol. The number of hydrogen-bond acceptors (Lipinski definition) is 2. The molecule has 1 heterocycles. The molecule has 8 aromatic carbocycles. The highest BCUT2D eigenvalue weighted by molar-refractivity contribution is 6.15. The van der Waals surface area contributed by atoms with Crippen LogP contribution >= 0.6 is 0 Å². The van der Waals surface area contributed by atoms with Gasteiger partial charge in [0.25, 0.3) is 0 Å². The first-order valence-electron chi connectivity index (χ1n) is 19.1. The molecule has 0 saturated carbocycles. The minimum Gasteiger partial charge on any atom is -0.261 e. The fourth-order valence-electron chi connectivity index (χ4n) is 7.34. The van der Waals surface area contributed by atoms with Gasteiger partial charge < -0.3 is 0 Å². The normalized spacial score (nSPS) is 11.9. The molecular formula is C53H38N4. The van der Waals surface area contributed by atoms with E-state index in [-0.39, 0.29) is 0 Å². The van der Waals surface area contributed by atoms with Crippen LogP contribution in [0.1, 0.15) is 16.7 Å². The molecule has 0 unspecified atom stereocenters. The Hall–Kier alpha value is -7.56. The SMILES string of the molecule is C=NC(=NC(=NCc1ccc(-c2ccccc2)cc1)c1cccc(-c2cc(-c3ccccc3)c3c(ccc4ccccc43)n2)c1)c1ccc(-c2ccccc2)cc1. The summed E-state index contributed by atoms with van der Waals surface area (Å²) in [5.74, 6) is 1.06. The molecule has 0 atom stereocenters. The number of hydrogen-bond donors (Lipinski definition) is 0. The second-order valence-electron chi connectivity index (χ2n) is 13.9. The lowest BCUT2D eigenvalue weighted by molar-refractivity contribution is 1.06. The zero-order valence-electron chi connectivity index (χ0n) is 31.3. The Morgan fingerprint density at radius 1 is 0.456 bits per heavy atom. The number of pyridine rings is 1. The Kier molecular flexibility index (Phi) is 9.89. The first kappa shape index (κ1) is 35.2. The van der Waals surface area contributed by atoms with Crippen molar-refractivity contribution in [3.8, 4) is 44.6 Å². The molecule has 0 spiro atoms. The zero-order chi connectivity index (χ0) is 38.4. The summed E-state index contributed by atoms with van der Waals surface area (Å²) < 4.78 is 0. The van der Waals surface area contributed by atoms with Gasteiger partial charge in [-0.2, -0.15) is 0 Å². The molecule has 0 fully saturated rings. The van der Waals surface area contributed by atoms with Crippen LogP contribution in [0.15, 0.2) is 221 Å². The fourth-order valence-corrected chi connectivity index (χ4v) is 7.34. The van der Waals surface area contributed by atoms with E-state index >= 15 is 0 Å². The van der Waals surface area contributed by atoms with Crippen LogP contribution in [0.4, 0.5) is 0 Å². The van der Waals surface area contributed by atoms with Gasteiger partial charge in [0.15, 0.2) is 11.7 Å². The van der Waals surface area contributed by atoms with Crippen LogP contribution < -0.4 is 0 Å². The van der Waals surface area contributed by atoms with E-state index in [0.717, 1.165) is 66.7 Å². The van der Waals surface area contributed by atoms with Crippen LogP contribution in [0.2, 0.25) is 0 Å². The molecule has 0 aliphatic carbocycles. The quantitative estimate of drug-likeness (QED) is 0.0872. The number of amidine groups is 2. The summed E-state index contributed by atoms with van der Waals surface area (Å²) in [6.07, 6.45) is 0. The molecule has 57 heavy (non-hydrogen) atoms.